The summed E-state index contributed by atoms with van der Waals surface area (Å²) >= 11 is 0. The zero-order valence-electron chi connectivity index (χ0n) is 10.8. The Morgan fingerprint density at radius 2 is 2.25 bits per heavy atom. The average molecular weight is 221 g/mol. The van der Waals surface area contributed by atoms with Gasteiger partial charge in [-0.2, -0.15) is 5.10 Å². The van der Waals surface area contributed by atoms with E-state index in [1.807, 2.05) is 17.9 Å². The molecule has 2 rings (SSSR count). The first-order valence-corrected chi connectivity index (χ1v) is 6.24. The summed E-state index contributed by atoms with van der Waals surface area (Å²) in [4.78, 5) is 0. The van der Waals surface area contributed by atoms with Gasteiger partial charge >= 0.3 is 0 Å². The molecular formula is C13H23N3. The van der Waals surface area contributed by atoms with Crippen molar-refractivity contribution in [2.24, 2.45) is 13.0 Å². The second kappa shape index (κ2) is 4.21. The molecule has 1 heterocycles. The lowest BCUT2D eigenvalue weighted by molar-refractivity contribution is 0.334. The fourth-order valence-corrected chi connectivity index (χ4v) is 2.36. The lowest BCUT2D eigenvalue weighted by Gasteiger charge is -2.29. The Balaban J connectivity index is 1.95. The van der Waals surface area contributed by atoms with Crippen molar-refractivity contribution in [3.8, 4) is 0 Å². The highest BCUT2D eigenvalue weighted by Crippen LogP contribution is 2.34. The topological polar surface area (TPSA) is 29.9 Å². The number of aryl methyl sites for hydroxylation is 1. The SMILES string of the molecule is CC(CC1CC1)NC(C)(C)c1cnn(C)c1. The number of nitrogens with zero attached hydrogens (tertiary/aromatic N) is 2. The second-order valence-electron chi connectivity index (χ2n) is 5.75. The Kier molecular flexibility index (Phi) is 3.06. The second-order valence-corrected chi connectivity index (χ2v) is 5.75. The van der Waals surface area contributed by atoms with E-state index in [2.05, 4.69) is 37.4 Å². The van der Waals surface area contributed by atoms with Crippen LogP contribution in [-0.4, -0.2) is 15.8 Å². The molecular weight excluding hydrogens is 198 g/mol. The normalized spacial score (nSPS) is 18.8. The van der Waals surface area contributed by atoms with E-state index in [1.165, 1.54) is 24.8 Å². The molecule has 16 heavy (non-hydrogen) atoms. The van der Waals surface area contributed by atoms with E-state index in [9.17, 15) is 0 Å². The number of rotatable bonds is 5. The van der Waals surface area contributed by atoms with E-state index in [1.54, 1.807) is 0 Å². The molecule has 1 atom stereocenters. The van der Waals surface area contributed by atoms with Crippen LogP contribution in [0.15, 0.2) is 12.4 Å². The van der Waals surface area contributed by atoms with Gasteiger partial charge in [0.05, 0.1) is 6.20 Å². The van der Waals surface area contributed by atoms with E-state index >= 15 is 0 Å². The van der Waals surface area contributed by atoms with Crippen molar-refractivity contribution in [1.29, 1.82) is 0 Å². The van der Waals surface area contributed by atoms with Crippen molar-refractivity contribution in [3.63, 3.8) is 0 Å². The molecule has 0 bridgehead atoms. The molecule has 0 spiro atoms. The van der Waals surface area contributed by atoms with Crippen molar-refractivity contribution in [2.75, 3.05) is 0 Å². The first-order chi connectivity index (χ1) is 7.47. The van der Waals surface area contributed by atoms with Crippen molar-refractivity contribution >= 4 is 0 Å². The predicted octanol–water partition coefficient (Wildman–Crippen LogP) is 2.43. The highest BCUT2D eigenvalue weighted by atomic mass is 15.2. The highest BCUT2D eigenvalue weighted by molar-refractivity contribution is 5.15. The summed E-state index contributed by atoms with van der Waals surface area (Å²) in [5, 5.41) is 7.94. The van der Waals surface area contributed by atoms with Crippen LogP contribution < -0.4 is 5.32 Å². The minimum atomic E-state index is 0.0164. The minimum Gasteiger partial charge on any atom is -0.305 e. The van der Waals surface area contributed by atoms with Crippen LogP contribution in [0.2, 0.25) is 0 Å². The van der Waals surface area contributed by atoms with Crippen molar-refractivity contribution in [1.82, 2.24) is 15.1 Å². The lowest BCUT2D eigenvalue weighted by Crippen LogP contribution is -2.42. The van der Waals surface area contributed by atoms with E-state index < -0.39 is 0 Å². The third kappa shape index (κ3) is 2.85. The van der Waals surface area contributed by atoms with Crippen LogP contribution in [0, 0.1) is 5.92 Å². The van der Waals surface area contributed by atoms with Crippen LogP contribution >= 0.6 is 0 Å². The first kappa shape index (κ1) is 11.6. The Bertz CT molecular complexity index is 350. The monoisotopic (exact) mass is 221 g/mol. The average Bonchev–Trinajstić information content (AvgIpc) is 2.84. The van der Waals surface area contributed by atoms with Gasteiger partial charge in [0.2, 0.25) is 0 Å². The molecule has 0 aromatic carbocycles. The van der Waals surface area contributed by atoms with Crippen molar-refractivity contribution in [3.05, 3.63) is 18.0 Å². The highest BCUT2D eigenvalue weighted by Gasteiger charge is 2.28. The Labute approximate surface area is 98.2 Å². The van der Waals surface area contributed by atoms with Gasteiger partial charge in [-0.05, 0) is 33.1 Å². The summed E-state index contributed by atoms with van der Waals surface area (Å²) in [6.07, 6.45) is 8.22. The van der Waals surface area contributed by atoms with Crippen molar-refractivity contribution in [2.45, 2.75) is 51.6 Å². The molecule has 1 fully saturated rings. The van der Waals surface area contributed by atoms with Crippen LogP contribution in [0.3, 0.4) is 0 Å². The molecule has 90 valence electrons. The summed E-state index contributed by atoms with van der Waals surface area (Å²) in [6.45, 7) is 6.75. The molecule has 1 N–H and O–H groups in total. The molecule has 3 heteroatoms. The fourth-order valence-electron chi connectivity index (χ4n) is 2.36. The van der Waals surface area contributed by atoms with Gasteiger partial charge in [0.25, 0.3) is 0 Å². The Morgan fingerprint density at radius 3 is 2.75 bits per heavy atom. The third-order valence-corrected chi connectivity index (χ3v) is 3.42. The van der Waals surface area contributed by atoms with Crippen LogP contribution in [0.5, 0.6) is 0 Å². The summed E-state index contributed by atoms with van der Waals surface area (Å²) in [6, 6.07) is 0.586. The van der Waals surface area contributed by atoms with Crippen LogP contribution in [0.4, 0.5) is 0 Å². The molecule has 0 radical (unpaired) electrons. The number of hydrogen-bond acceptors (Lipinski definition) is 2. The maximum atomic E-state index is 4.24. The summed E-state index contributed by atoms with van der Waals surface area (Å²) in [5.74, 6) is 0.979. The molecule has 0 aliphatic heterocycles. The molecule has 1 unspecified atom stereocenters. The maximum Gasteiger partial charge on any atom is 0.0540 e. The predicted molar refractivity (Wildman–Crippen MR) is 66.2 cm³/mol. The van der Waals surface area contributed by atoms with Crippen LogP contribution in [0.25, 0.3) is 0 Å². The molecule has 0 saturated heterocycles. The van der Waals surface area contributed by atoms with Crippen LogP contribution in [0.1, 0.15) is 45.6 Å². The molecule has 1 aliphatic carbocycles. The number of aromatic nitrogens is 2. The molecule has 0 amide bonds. The quantitative estimate of drug-likeness (QED) is 0.827. The zero-order chi connectivity index (χ0) is 11.8. The van der Waals surface area contributed by atoms with Gasteiger partial charge in [-0.1, -0.05) is 12.8 Å². The summed E-state index contributed by atoms with van der Waals surface area (Å²) in [7, 11) is 1.97. The molecule has 1 aromatic rings. The van der Waals surface area contributed by atoms with E-state index in [0.717, 1.165) is 5.92 Å². The van der Waals surface area contributed by atoms with Crippen LogP contribution in [-0.2, 0) is 12.6 Å². The van der Waals surface area contributed by atoms with Gasteiger partial charge in [0.1, 0.15) is 0 Å². The maximum absolute atomic E-state index is 4.24. The molecule has 1 aromatic heterocycles. The van der Waals surface area contributed by atoms with Gasteiger partial charge in [-0.15, -0.1) is 0 Å². The Hall–Kier alpha value is -0.830. The standard InChI is InChI=1S/C13H23N3/c1-10(7-11-5-6-11)15-13(2,3)12-8-14-16(4)9-12/h8-11,15H,5-7H2,1-4H3. The largest absolute Gasteiger partial charge is 0.305 e. The van der Waals surface area contributed by atoms with Gasteiger partial charge in [-0.3, -0.25) is 4.68 Å². The summed E-state index contributed by atoms with van der Waals surface area (Å²) in [5.41, 5.74) is 1.28. The van der Waals surface area contributed by atoms with Gasteiger partial charge < -0.3 is 5.32 Å². The minimum absolute atomic E-state index is 0.0164. The molecule has 1 saturated carbocycles. The van der Waals surface area contributed by atoms with Gasteiger partial charge in [0, 0.05) is 30.4 Å². The Morgan fingerprint density at radius 1 is 1.56 bits per heavy atom. The smallest absolute Gasteiger partial charge is 0.0540 e. The number of nitrogens with one attached hydrogen (secondary N) is 1. The number of hydrogen-bond donors (Lipinski definition) is 1. The molecule has 1 aliphatic rings. The van der Waals surface area contributed by atoms with Gasteiger partial charge in [-0.25, -0.2) is 0 Å². The first-order valence-electron chi connectivity index (χ1n) is 6.24. The lowest BCUT2D eigenvalue weighted by atomic mass is 9.95. The fraction of sp³-hybridized carbons (Fsp3) is 0.769. The van der Waals surface area contributed by atoms with Gasteiger partial charge in [0.15, 0.2) is 0 Å². The molecule has 3 nitrogen and oxygen atoms in total. The van der Waals surface area contributed by atoms with E-state index in [0.29, 0.717) is 6.04 Å². The van der Waals surface area contributed by atoms with Crippen molar-refractivity contribution < 1.29 is 0 Å². The zero-order valence-corrected chi connectivity index (χ0v) is 10.8. The summed E-state index contributed by atoms with van der Waals surface area (Å²) < 4.78 is 1.87. The van der Waals surface area contributed by atoms with E-state index in [-0.39, 0.29) is 5.54 Å². The van der Waals surface area contributed by atoms with E-state index in [4.69, 9.17) is 0 Å². The third-order valence-electron chi connectivity index (χ3n) is 3.42.